The maximum atomic E-state index is 13.9. The largest absolute Gasteiger partial charge is 0.490 e. The summed E-state index contributed by atoms with van der Waals surface area (Å²) < 4.78 is 31.8. The number of esters is 1. The first-order chi connectivity index (χ1) is 15.9. The van der Waals surface area contributed by atoms with Gasteiger partial charge in [0.2, 0.25) is 5.90 Å². The summed E-state index contributed by atoms with van der Waals surface area (Å²) in [6.45, 7) is 2.18. The van der Waals surface area contributed by atoms with Gasteiger partial charge in [-0.2, -0.15) is 0 Å². The number of ether oxygens (including phenoxy) is 3. The van der Waals surface area contributed by atoms with Crippen LogP contribution in [0, 0.1) is 9.39 Å². The van der Waals surface area contributed by atoms with E-state index in [9.17, 15) is 9.18 Å². The number of cyclic esters (lactones) is 1. The molecule has 33 heavy (non-hydrogen) atoms. The molecule has 0 N–H and O–H groups in total. The third-order valence-corrected chi connectivity index (χ3v) is 5.68. The molecule has 3 aromatic carbocycles. The molecule has 0 atom stereocenters. The second-order valence-corrected chi connectivity index (χ2v) is 8.64. The molecule has 0 bridgehead atoms. The van der Waals surface area contributed by atoms with Gasteiger partial charge < -0.3 is 14.2 Å². The van der Waals surface area contributed by atoms with E-state index < -0.39 is 5.97 Å². The number of halogens is 3. The van der Waals surface area contributed by atoms with Gasteiger partial charge in [0.25, 0.3) is 0 Å². The van der Waals surface area contributed by atoms with Crippen molar-refractivity contribution in [1.82, 2.24) is 0 Å². The molecule has 3 aromatic rings. The highest BCUT2D eigenvalue weighted by Crippen LogP contribution is 2.38. The number of nitrogens with zero attached hydrogens (tertiary/aromatic N) is 1. The van der Waals surface area contributed by atoms with Gasteiger partial charge >= 0.3 is 5.97 Å². The lowest BCUT2D eigenvalue weighted by Crippen LogP contribution is -2.05. The Hall–Kier alpha value is -2.91. The summed E-state index contributed by atoms with van der Waals surface area (Å²) in [5.41, 5.74) is 1.83. The van der Waals surface area contributed by atoms with Gasteiger partial charge in [-0.3, -0.25) is 0 Å². The van der Waals surface area contributed by atoms with E-state index in [1.165, 1.54) is 6.07 Å². The first-order valence-corrected chi connectivity index (χ1v) is 11.5. The molecule has 0 unspecified atom stereocenters. The third-order valence-electron chi connectivity index (χ3n) is 4.68. The lowest BCUT2D eigenvalue weighted by Gasteiger charge is -2.15. The summed E-state index contributed by atoms with van der Waals surface area (Å²) in [7, 11) is 0. The second-order valence-electron chi connectivity index (χ2n) is 6.99. The molecule has 4 rings (SSSR count). The first-order valence-electron chi connectivity index (χ1n) is 10.1. The summed E-state index contributed by atoms with van der Waals surface area (Å²) in [5.74, 6) is -0.0157. The summed E-state index contributed by atoms with van der Waals surface area (Å²) in [6, 6.07) is 17.1. The highest BCUT2D eigenvalue weighted by atomic mass is 127. The maximum Gasteiger partial charge on any atom is 0.363 e. The zero-order chi connectivity index (χ0) is 23.4. The summed E-state index contributed by atoms with van der Waals surface area (Å²) in [4.78, 5) is 16.7. The maximum absolute atomic E-state index is 13.9. The minimum Gasteiger partial charge on any atom is -0.490 e. The topological polar surface area (TPSA) is 57.1 Å². The van der Waals surface area contributed by atoms with Gasteiger partial charge in [-0.15, -0.1) is 0 Å². The van der Waals surface area contributed by atoms with Crippen LogP contribution in [0.25, 0.3) is 6.08 Å². The van der Waals surface area contributed by atoms with E-state index in [0.29, 0.717) is 34.8 Å². The highest BCUT2D eigenvalue weighted by molar-refractivity contribution is 14.1. The number of benzene rings is 3. The summed E-state index contributed by atoms with van der Waals surface area (Å²) >= 11 is 8.65. The van der Waals surface area contributed by atoms with Crippen LogP contribution in [0.3, 0.4) is 0 Å². The van der Waals surface area contributed by atoms with E-state index in [1.807, 2.05) is 31.2 Å². The number of aliphatic imine (C=N–C) groups is 1. The van der Waals surface area contributed by atoms with E-state index in [0.717, 1.165) is 3.57 Å². The van der Waals surface area contributed by atoms with Crippen LogP contribution in [0.1, 0.15) is 23.6 Å². The molecule has 168 valence electrons. The predicted octanol–water partition coefficient (Wildman–Crippen LogP) is 6.41. The predicted molar refractivity (Wildman–Crippen MR) is 133 cm³/mol. The van der Waals surface area contributed by atoms with E-state index in [1.54, 1.807) is 36.4 Å². The molecule has 0 saturated carbocycles. The normalized spacial score (nSPS) is 14.2. The average Bonchev–Trinajstić information content (AvgIpc) is 3.15. The highest BCUT2D eigenvalue weighted by Gasteiger charge is 2.24. The molecule has 0 aliphatic carbocycles. The smallest absolute Gasteiger partial charge is 0.363 e. The molecule has 0 fully saturated rings. The van der Waals surface area contributed by atoms with Crippen LogP contribution in [-0.4, -0.2) is 18.5 Å². The number of hydrogen-bond acceptors (Lipinski definition) is 5. The van der Waals surface area contributed by atoms with Crippen LogP contribution in [0.2, 0.25) is 5.02 Å². The zero-order valence-corrected chi connectivity index (χ0v) is 20.4. The third kappa shape index (κ3) is 5.54. The molecule has 0 radical (unpaired) electrons. The van der Waals surface area contributed by atoms with Gasteiger partial charge in [0.1, 0.15) is 12.4 Å². The Morgan fingerprint density at radius 1 is 1.12 bits per heavy atom. The van der Waals surface area contributed by atoms with Crippen molar-refractivity contribution in [3.63, 3.8) is 0 Å². The quantitative estimate of drug-likeness (QED) is 0.185. The monoisotopic (exact) mass is 577 g/mol. The second kappa shape index (κ2) is 10.4. The van der Waals surface area contributed by atoms with Crippen molar-refractivity contribution in [3.8, 4) is 11.5 Å². The molecule has 0 aromatic heterocycles. The Morgan fingerprint density at radius 3 is 2.61 bits per heavy atom. The van der Waals surface area contributed by atoms with E-state index in [2.05, 4.69) is 27.6 Å². The zero-order valence-electron chi connectivity index (χ0n) is 17.5. The fourth-order valence-electron chi connectivity index (χ4n) is 3.12. The van der Waals surface area contributed by atoms with Crippen LogP contribution >= 0.6 is 34.2 Å². The Kier molecular flexibility index (Phi) is 7.29. The van der Waals surface area contributed by atoms with Crippen LogP contribution in [0.5, 0.6) is 11.5 Å². The molecule has 0 amide bonds. The van der Waals surface area contributed by atoms with Crippen molar-refractivity contribution in [2.75, 3.05) is 6.61 Å². The SMILES string of the molecule is CCOc1cc(/C=C2\N=C(c3ccc(I)cc3)OC2=O)cc(Cl)c1OCc1ccccc1F. The fraction of sp³-hybridized carbons (Fsp3) is 0.120. The average molecular weight is 578 g/mol. The lowest BCUT2D eigenvalue weighted by molar-refractivity contribution is -0.129. The lowest BCUT2D eigenvalue weighted by atomic mass is 10.1. The van der Waals surface area contributed by atoms with Crippen LogP contribution in [0.15, 0.2) is 71.4 Å². The van der Waals surface area contributed by atoms with E-state index >= 15 is 0 Å². The first kappa shape index (κ1) is 23.3. The molecular formula is C25H18ClFINO4. The molecule has 0 spiro atoms. The molecule has 0 saturated heterocycles. The standard InChI is InChI=1S/C25H18ClFINO4/c1-2-31-22-13-15(11-19(26)23(22)32-14-17-5-3-4-6-20(17)27)12-21-25(30)33-24(29-21)16-7-9-18(28)10-8-16/h3-13H,2,14H2,1H3/b21-12-. The molecule has 8 heteroatoms. The van der Waals surface area contributed by atoms with Gasteiger partial charge in [-0.25, -0.2) is 14.2 Å². The van der Waals surface area contributed by atoms with Gasteiger partial charge in [-0.05, 0) is 83.6 Å². The van der Waals surface area contributed by atoms with Crippen molar-refractivity contribution in [3.05, 3.63) is 97.5 Å². The van der Waals surface area contributed by atoms with Crippen molar-refractivity contribution < 1.29 is 23.4 Å². The minimum atomic E-state index is -0.558. The summed E-state index contributed by atoms with van der Waals surface area (Å²) in [5, 5.41) is 0.261. The summed E-state index contributed by atoms with van der Waals surface area (Å²) in [6.07, 6.45) is 1.57. The van der Waals surface area contributed by atoms with Crippen molar-refractivity contribution in [2.24, 2.45) is 4.99 Å². The van der Waals surface area contributed by atoms with Crippen LogP contribution in [-0.2, 0) is 16.1 Å². The van der Waals surface area contributed by atoms with Gasteiger partial charge in [0, 0.05) is 14.7 Å². The number of carbonyl (C=O) groups excluding carboxylic acids is 1. The Bertz CT molecular complexity index is 1260. The Morgan fingerprint density at radius 2 is 1.88 bits per heavy atom. The molecule has 5 nitrogen and oxygen atoms in total. The molecular weight excluding hydrogens is 560 g/mol. The van der Waals surface area contributed by atoms with Crippen LogP contribution < -0.4 is 9.47 Å². The van der Waals surface area contributed by atoms with Gasteiger partial charge in [-0.1, -0.05) is 29.8 Å². The molecule has 1 aliphatic rings. The van der Waals surface area contributed by atoms with Crippen molar-refractivity contribution in [1.29, 1.82) is 0 Å². The van der Waals surface area contributed by atoms with E-state index in [-0.39, 0.29) is 29.0 Å². The van der Waals surface area contributed by atoms with Crippen molar-refractivity contribution in [2.45, 2.75) is 13.5 Å². The van der Waals surface area contributed by atoms with Gasteiger partial charge in [0.15, 0.2) is 17.2 Å². The Labute approximate surface area is 209 Å². The van der Waals surface area contributed by atoms with Crippen LogP contribution in [0.4, 0.5) is 4.39 Å². The number of carbonyl (C=O) groups is 1. The van der Waals surface area contributed by atoms with Crippen molar-refractivity contribution >= 4 is 52.1 Å². The number of rotatable bonds is 7. The molecule has 1 heterocycles. The van der Waals surface area contributed by atoms with E-state index in [4.69, 9.17) is 25.8 Å². The van der Waals surface area contributed by atoms with Gasteiger partial charge in [0.05, 0.1) is 11.6 Å². The number of hydrogen-bond donors (Lipinski definition) is 0. The Balaban J connectivity index is 1.61. The fourth-order valence-corrected chi connectivity index (χ4v) is 3.76. The minimum absolute atomic E-state index is 0.0110. The molecule has 1 aliphatic heterocycles.